The van der Waals surface area contributed by atoms with Crippen LogP contribution in [0.4, 0.5) is 5.69 Å². The monoisotopic (exact) mass is 347 g/mol. The van der Waals surface area contributed by atoms with Crippen LogP contribution in [0.2, 0.25) is 0 Å². The summed E-state index contributed by atoms with van der Waals surface area (Å²) in [6.45, 7) is 0. The number of hydrogen-bond donors (Lipinski definition) is 1. The van der Waals surface area contributed by atoms with E-state index in [4.69, 9.17) is 0 Å². The molecule has 0 unspecified atom stereocenters. The van der Waals surface area contributed by atoms with E-state index in [1.807, 2.05) is 0 Å². The second-order valence-electron chi connectivity index (χ2n) is 4.57. The van der Waals surface area contributed by atoms with E-state index in [9.17, 15) is 29.0 Å². The minimum Gasteiger partial charge on any atom is -0.545 e. The average molecular weight is 347 g/mol. The second kappa shape index (κ2) is 7.01. The van der Waals surface area contributed by atoms with Gasteiger partial charge in [0.05, 0.1) is 37.0 Å². The van der Waals surface area contributed by atoms with Crippen molar-refractivity contribution in [1.29, 1.82) is 0 Å². The summed E-state index contributed by atoms with van der Waals surface area (Å²) in [7, 11) is -0.635. The van der Waals surface area contributed by atoms with Gasteiger partial charge in [0.1, 0.15) is 0 Å². The van der Waals surface area contributed by atoms with Gasteiger partial charge in [-0.15, -0.1) is 0 Å². The maximum atomic E-state index is 12.8. The molecule has 0 aromatic heterocycles. The van der Waals surface area contributed by atoms with E-state index < -0.39 is 38.9 Å². The average Bonchev–Trinajstić information content (AvgIpc) is 2.59. The number of carbonyl (C=O) groups is 2. The quantitative estimate of drug-likeness (QED) is 0.619. The molecule has 2 rings (SSSR count). The van der Waals surface area contributed by atoms with Crippen LogP contribution in [0.5, 0.6) is 0 Å². The Hall–Kier alpha value is -3.07. The molecule has 124 valence electrons. The van der Waals surface area contributed by atoms with Crippen LogP contribution in [0.25, 0.3) is 0 Å². The van der Waals surface area contributed by atoms with Gasteiger partial charge in [0.2, 0.25) is 0 Å². The van der Waals surface area contributed by atoms with Crippen molar-refractivity contribution in [1.82, 2.24) is 5.32 Å². The molecule has 1 amide bonds. The zero-order valence-corrected chi connectivity index (χ0v) is 13.2. The molecule has 2 aromatic carbocycles. The molecule has 0 heterocycles. The SMILES string of the molecule is CNC(=O)c1ccccc1[S@](=O)c1ccc([N+](=O)[O-])cc1C(=O)[O-]. The summed E-state index contributed by atoms with van der Waals surface area (Å²) >= 11 is 0. The van der Waals surface area contributed by atoms with Crippen LogP contribution in [0.15, 0.2) is 52.3 Å². The lowest BCUT2D eigenvalue weighted by Crippen LogP contribution is -2.25. The summed E-state index contributed by atoms with van der Waals surface area (Å²) in [6, 6.07) is 8.88. The number of carbonyl (C=O) groups excluding carboxylic acids is 2. The van der Waals surface area contributed by atoms with E-state index in [1.165, 1.54) is 19.2 Å². The van der Waals surface area contributed by atoms with E-state index in [2.05, 4.69) is 5.32 Å². The van der Waals surface area contributed by atoms with E-state index >= 15 is 0 Å². The third-order valence-corrected chi connectivity index (χ3v) is 4.66. The highest BCUT2D eigenvalue weighted by Gasteiger charge is 2.21. The number of nitro groups is 1. The third-order valence-electron chi connectivity index (χ3n) is 3.15. The molecule has 0 fully saturated rings. The normalized spacial score (nSPS) is 11.5. The predicted octanol–water partition coefficient (Wildman–Crippen LogP) is 0.485. The van der Waals surface area contributed by atoms with Crippen LogP contribution in [0.3, 0.4) is 0 Å². The Kier molecular flexibility index (Phi) is 5.05. The molecule has 8 nitrogen and oxygen atoms in total. The van der Waals surface area contributed by atoms with Crippen molar-refractivity contribution in [3.8, 4) is 0 Å². The first-order valence-electron chi connectivity index (χ1n) is 6.59. The Morgan fingerprint density at radius 2 is 1.71 bits per heavy atom. The standard InChI is InChI=1S/C15H12N2O6S/c1-16-14(18)10-4-2-3-5-12(10)24(23)13-7-6-9(17(21)22)8-11(13)15(19)20/h2-8H,1H3,(H,16,18)(H,19,20)/p-1/t24-/m0/s1. The van der Waals surface area contributed by atoms with E-state index in [1.54, 1.807) is 12.1 Å². The van der Waals surface area contributed by atoms with E-state index in [0.717, 1.165) is 18.2 Å². The Bertz CT molecular complexity index is 865. The molecule has 0 aliphatic carbocycles. The molecule has 1 N–H and O–H groups in total. The number of carboxylic acid groups (broad SMARTS) is 1. The topological polar surface area (TPSA) is 129 Å². The fraction of sp³-hybridized carbons (Fsp3) is 0.0667. The number of benzene rings is 2. The van der Waals surface area contributed by atoms with Gasteiger partial charge in [0, 0.05) is 24.7 Å². The molecule has 0 saturated heterocycles. The number of nitrogens with one attached hydrogen (secondary N) is 1. The highest BCUT2D eigenvalue weighted by molar-refractivity contribution is 7.85. The summed E-state index contributed by atoms with van der Waals surface area (Å²) in [6.07, 6.45) is 0. The van der Waals surface area contributed by atoms with Gasteiger partial charge in [-0.1, -0.05) is 12.1 Å². The molecular formula is C15H11N2O6S-. The largest absolute Gasteiger partial charge is 0.545 e. The molecule has 2 aromatic rings. The highest BCUT2D eigenvalue weighted by Crippen LogP contribution is 2.26. The lowest BCUT2D eigenvalue weighted by molar-refractivity contribution is -0.385. The summed E-state index contributed by atoms with van der Waals surface area (Å²) < 4.78 is 12.8. The van der Waals surface area contributed by atoms with Crippen LogP contribution in [-0.4, -0.2) is 28.1 Å². The fourth-order valence-corrected chi connectivity index (χ4v) is 3.35. The molecule has 0 aliphatic rings. The van der Waals surface area contributed by atoms with Gasteiger partial charge in [-0.3, -0.25) is 14.9 Å². The fourth-order valence-electron chi connectivity index (χ4n) is 2.02. The van der Waals surface area contributed by atoms with Gasteiger partial charge in [0.25, 0.3) is 11.6 Å². The Morgan fingerprint density at radius 3 is 2.29 bits per heavy atom. The van der Waals surface area contributed by atoms with Gasteiger partial charge >= 0.3 is 0 Å². The summed E-state index contributed by atoms with van der Waals surface area (Å²) in [5, 5.41) is 24.4. The van der Waals surface area contributed by atoms with Crippen molar-refractivity contribution < 1.29 is 23.8 Å². The van der Waals surface area contributed by atoms with E-state index in [-0.39, 0.29) is 15.4 Å². The van der Waals surface area contributed by atoms with Crippen LogP contribution in [-0.2, 0) is 10.8 Å². The molecule has 0 aliphatic heterocycles. The summed E-state index contributed by atoms with van der Waals surface area (Å²) in [4.78, 5) is 33.0. The summed E-state index contributed by atoms with van der Waals surface area (Å²) in [5.74, 6) is -2.18. The van der Waals surface area contributed by atoms with Crippen molar-refractivity contribution in [2.75, 3.05) is 7.05 Å². The van der Waals surface area contributed by atoms with Crippen molar-refractivity contribution in [2.45, 2.75) is 9.79 Å². The molecule has 1 atom stereocenters. The number of hydrogen-bond acceptors (Lipinski definition) is 6. The van der Waals surface area contributed by atoms with Crippen molar-refractivity contribution in [3.63, 3.8) is 0 Å². The Labute approximate surface area is 138 Å². The lowest BCUT2D eigenvalue weighted by atomic mass is 10.2. The van der Waals surface area contributed by atoms with Crippen molar-refractivity contribution in [2.24, 2.45) is 0 Å². The first-order valence-corrected chi connectivity index (χ1v) is 7.74. The van der Waals surface area contributed by atoms with Crippen LogP contribution < -0.4 is 10.4 Å². The maximum Gasteiger partial charge on any atom is 0.270 e. The minimum absolute atomic E-state index is 0.0909. The third kappa shape index (κ3) is 3.30. The van der Waals surface area contributed by atoms with Crippen LogP contribution in [0.1, 0.15) is 20.7 Å². The second-order valence-corrected chi connectivity index (χ2v) is 5.99. The van der Waals surface area contributed by atoms with Crippen molar-refractivity contribution >= 4 is 28.4 Å². The first kappa shape index (κ1) is 17.3. The number of nitro benzene ring substituents is 1. The van der Waals surface area contributed by atoms with Gasteiger partial charge < -0.3 is 15.2 Å². The molecule has 0 saturated carbocycles. The van der Waals surface area contributed by atoms with Gasteiger partial charge in [0.15, 0.2) is 0 Å². The number of amides is 1. The van der Waals surface area contributed by atoms with Gasteiger partial charge in [-0.2, -0.15) is 0 Å². The molecule has 24 heavy (non-hydrogen) atoms. The Balaban J connectivity index is 2.61. The number of carboxylic acids is 1. The highest BCUT2D eigenvalue weighted by atomic mass is 32.2. The molecule has 0 bridgehead atoms. The number of non-ortho nitro benzene ring substituents is 1. The Morgan fingerprint density at radius 1 is 1.08 bits per heavy atom. The predicted molar refractivity (Wildman–Crippen MR) is 81.9 cm³/mol. The molecule has 9 heteroatoms. The molecule has 0 spiro atoms. The number of rotatable bonds is 5. The van der Waals surface area contributed by atoms with Crippen LogP contribution >= 0.6 is 0 Å². The van der Waals surface area contributed by atoms with E-state index in [0.29, 0.717) is 0 Å². The van der Waals surface area contributed by atoms with Crippen molar-refractivity contribution in [3.05, 3.63) is 63.7 Å². The summed E-state index contributed by atoms with van der Waals surface area (Å²) in [5.41, 5.74) is -0.912. The van der Waals surface area contributed by atoms with Gasteiger partial charge in [-0.05, 0) is 18.2 Å². The number of nitrogens with zero attached hydrogens (tertiary/aromatic N) is 1. The first-order chi connectivity index (χ1) is 11.4. The minimum atomic E-state index is -2.04. The molecule has 0 radical (unpaired) electrons. The maximum absolute atomic E-state index is 12.8. The molecular weight excluding hydrogens is 336 g/mol. The number of aromatic carboxylic acids is 1. The van der Waals surface area contributed by atoms with Crippen LogP contribution in [0, 0.1) is 10.1 Å². The lowest BCUT2D eigenvalue weighted by Gasteiger charge is -2.12. The zero-order valence-electron chi connectivity index (χ0n) is 12.3. The van der Waals surface area contributed by atoms with Gasteiger partial charge in [-0.25, -0.2) is 4.21 Å². The smallest absolute Gasteiger partial charge is 0.270 e. The zero-order chi connectivity index (χ0) is 17.9.